The summed E-state index contributed by atoms with van der Waals surface area (Å²) in [6.07, 6.45) is 1.85. The Morgan fingerprint density at radius 2 is 2.25 bits per heavy atom. The van der Waals surface area contributed by atoms with Crippen molar-refractivity contribution in [1.82, 2.24) is 5.32 Å². The molecule has 0 spiro atoms. The number of nitrogens with one attached hydrogen (secondary N) is 1. The summed E-state index contributed by atoms with van der Waals surface area (Å²) in [5, 5.41) is 3.23. The summed E-state index contributed by atoms with van der Waals surface area (Å²) < 4.78 is 13.6. The normalized spacial score (nSPS) is 12.5. The molecule has 0 fully saturated rings. The first-order valence-corrected chi connectivity index (χ1v) is 6.16. The molecular weight excluding hydrogens is 269 g/mol. The highest BCUT2D eigenvalue weighted by Gasteiger charge is 2.11. The molecule has 0 bridgehead atoms. The summed E-state index contributed by atoms with van der Waals surface area (Å²) in [6.45, 7) is 6.09. The Hall–Kier alpha value is -0.670. The van der Waals surface area contributed by atoms with Gasteiger partial charge >= 0.3 is 0 Å². The molecule has 0 aliphatic rings. The van der Waals surface area contributed by atoms with Gasteiger partial charge in [0.15, 0.2) is 0 Å². The van der Waals surface area contributed by atoms with Gasteiger partial charge < -0.3 is 5.32 Å². The Morgan fingerprint density at radius 3 is 2.75 bits per heavy atom. The second kappa shape index (κ2) is 6.16. The fourth-order valence-electron chi connectivity index (χ4n) is 1.55. The maximum absolute atomic E-state index is 13.1. The molecule has 1 nitrogen and oxygen atoms in total. The van der Waals surface area contributed by atoms with Gasteiger partial charge in [0.2, 0.25) is 0 Å². The first kappa shape index (κ1) is 13.4. The van der Waals surface area contributed by atoms with Crippen LogP contribution in [0.4, 0.5) is 4.39 Å². The van der Waals surface area contributed by atoms with Crippen molar-refractivity contribution in [2.75, 3.05) is 7.05 Å². The van der Waals surface area contributed by atoms with Gasteiger partial charge in [0.25, 0.3) is 0 Å². The van der Waals surface area contributed by atoms with Gasteiger partial charge in [0, 0.05) is 6.04 Å². The van der Waals surface area contributed by atoms with Crippen LogP contribution in [0.25, 0.3) is 0 Å². The van der Waals surface area contributed by atoms with Gasteiger partial charge in [-0.1, -0.05) is 25.1 Å². The van der Waals surface area contributed by atoms with Gasteiger partial charge in [-0.3, -0.25) is 0 Å². The second-order valence-corrected chi connectivity index (χ2v) is 4.68. The van der Waals surface area contributed by atoms with Crippen molar-refractivity contribution < 1.29 is 4.39 Å². The van der Waals surface area contributed by atoms with E-state index in [1.54, 1.807) is 0 Å². The van der Waals surface area contributed by atoms with Crippen LogP contribution in [-0.4, -0.2) is 7.05 Å². The standard InChI is InChI=1S/C13H17BrFN/c1-4-9(2)7-13(16-3)10-5-6-12(15)11(14)8-10/h5-6,8,13,16H,2,4,7H2,1,3H3. The van der Waals surface area contributed by atoms with Crippen LogP contribution in [-0.2, 0) is 0 Å². The molecule has 1 aromatic rings. The minimum atomic E-state index is -0.229. The van der Waals surface area contributed by atoms with Crippen molar-refractivity contribution in [3.8, 4) is 0 Å². The average molecular weight is 286 g/mol. The van der Waals surface area contributed by atoms with E-state index >= 15 is 0 Å². The molecule has 1 N–H and O–H groups in total. The molecule has 0 aromatic heterocycles. The highest BCUT2D eigenvalue weighted by molar-refractivity contribution is 9.10. The third kappa shape index (κ3) is 3.42. The smallest absolute Gasteiger partial charge is 0.137 e. The number of hydrogen-bond acceptors (Lipinski definition) is 1. The minimum Gasteiger partial charge on any atom is -0.313 e. The fraction of sp³-hybridized carbons (Fsp3) is 0.385. The van der Waals surface area contributed by atoms with Crippen LogP contribution in [0, 0.1) is 5.82 Å². The lowest BCUT2D eigenvalue weighted by Gasteiger charge is -2.18. The van der Waals surface area contributed by atoms with Crippen molar-refractivity contribution in [3.63, 3.8) is 0 Å². The van der Waals surface area contributed by atoms with Crippen molar-refractivity contribution >= 4 is 15.9 Å². The van der Waals surface area contributed by atoms with Crippen molar-refractivity contribution in [2.45, 2.75) is 25.8 Å². The molecule has 0 saturated carbocycles. The second-order valence-electron chi connectivity index (χ2n) is 3.82. The van der Waals surface area contributed by atoms with E-state index in [2.05, 4.69) is 34.7 Å². The zero-order chi connectivity index (χ0) is 12.1. The molecule has 0 saturated heterocycles. The van der Waals surface area contributed by atoms with Crippen molar-refractivity contribution in [2.24, 2.45) is 0 Å². The van der Waals surface area contributed by atoms with Crippen molar-refractivity contribution in [3.05, 3.63) is 46.2 Å². The van der Waals surface area contributed by atoms with E-state index in [0.29, 0.717) is 4.47 Å². The molecule has 3 heteroatoms. The summed E-state index contributed by atoms with van der Waals surface area (Å²) >= 11 is 3.20. The van der Waals surface area contributed by atoms with Crippen LogP contribution in [0.1, 0.15) is 31.4 Å². The highest BCUT2D eigenvalue weighted by Crippen LogP contribution is 2.25. The Morgan fingerprint density at radius 1 is 1.56 bits per heavy atom. The molecule has 0 aliphatic carbocycles. The summed E-state index contributed by atoms with van der Waals surface area (Å²) in [7, 11) is 1.91. The highest BCUT2D eigenvalue weighted by atomic mass is 79.9. The van der Waals surface area contributed by atoms with Crippen LogP contribution in [0.5, 0.6) is 0 Å². The molecule has 0 aliphatic heterocycles. The van der Waals surface area contributed by atoms with Gasteiger partial charge in [-0.05, 0) is 53.5 Å². The Kier molecular flexibility index (Phi) is 5.16. The zero-order valence-electron chi connectivity index (χ0n) is 9.69. The topological polar surface area (TPSA) is 12.0 Å². The van der Waals surface area contributed by atoms with Crippen LogP contribution in [0.3, 0.4) is 0 Å². The molecular formula is C13H17BrFN. The Labute approximate surface area is 105 Å². The predicted octanol–water partition coefficient (Wildman–Crippen LogP) is 4.21. The van der Waals surface area contributed by atoms with Gasteiger partial charge in [-0.2, -0.15) is 0 Å². The third-order valence-corrected chi connectivity index (χ3v) is 3.29. The van der Waals surface area contributed by atoms with E-state index in [1.165, 1.54) is 11.6 Å². The molecule has 1 atom stereocenters. The lowest BCUT2D eigenvalue weighted by atomic mass is 9.98. The molecule has 16 heavy (non-hydrogen) atoms. The quantitative estimate of drug-likeness (QED) is 0.800. The summed E-state index contributed by atoms with van der Waals surface area (Å²) in [5.41, 5.74) is 2.27. The number of halogens is 2. The maximum Gasteiger partial charge on any atom is 0.137 e. The SMILES string of the molecule is C=C(CC)CC(NC)c1ccc(F)c(Br)c1. The van der Waals surface area contributed by atoms with E-state index in [9.17, 15) is 4.39 Å². The largest absolute Gasteiger partial charge is 0.313 e. The first-order valence-electron chi connectivity index (χ1n) is 5.37. The molecule has 0 heterocycles. The lowest BCUT2D eigenvalue weighted by Crippen LogP contribution is -2.16. The van der Waals surface area contributed by atoms with E-state index in [-0.39, 0.29) is 11.9 Å². The third-order valence-electron chi connectivity index (χ3n) is 2.69. The van der Waals surface area contributed by atoms with Crippen LogP contribution in [0.15, 0.2) is 34.8 Å². The van der Waals surface area contributed by atoms with Gasteiger partial charge in [0.05, 0.1) is 4.47 Å². The number of hydrogen-bond donors (Lipinski definition) is 1. The summed E-state index contributed by atoms with van der Waals surface area (Å²) in [4.78, 5) is 0. The molecule has 88 valence electrons. The zero-order valence-corrected chi connectivity index (χ0v) is 11.3. The lowest BCUT2D eigenvalue weighted by molar-refractivity contribution is 0.576. The van der Waals surface area contributed by atoms with E-state index in [0.717, 1.165) is 18.4 Å². The van der Waals surface area contributed by atoms with Crippen LogP contribution >= 0.6 is 15.9 Å². The van der Waals surface area contributed by atoms with E-state index < -0.39 is 0 Å². The first-order chi connectivity index (χ1) is 7.58. The van der Waals surface area contributed by atoms with Gasteiger partial charge in [0.1, 0.15) is 5.82 Å². The minimum absolute atomic E-state index is 0.198. The number of benzene rings is 1. The Balaban J connectivity index is 2.86. The van der Waals surface area contributed by atoms with E-state index in [1.807, 2.05) is 19.2 Å². The number of rotatable bonds is 5. The average Bonchev–Trinajstić information content (AvgIpc) is 2.29. The summed E-state index contributed by atoms with van der Waals surface area (Å²) in [5.74, 6) is -0.229. The molecule has 1 rings (SSSR count). The molecule has 0 radical (unpaired) electrons. The monoisotopic (exact) mass is 285 g/mol. The fourth-order valence-corrected chi connectivity index (χ4v) is 1.95. The molecule has 1 unspecified atom stereocenters. The summed E-state index contributed by atoms with van der Waals surface area (Å²) in [6, 6.07) is 5.31. The van der Waals surface area contributed by atoms with Gasteiger partial charge in [-0.15, -0.1) is 0 Å². The van der Waals surface area contributed by atoms with Crippen molar-refractivity contribution in [1.29, 1.82) is 0 Å². The van der Waals surface area contributed by atoms with Crippen LogP contribution < -0.4 is 5.32 Å². The molecule has 0 amide bonds. The van der Waals surface area contributed by atoms with Gasteiger partial charge in [-0.25, -0.2) is 4.39 Å². The Bertz CT molecular complexity index is 376. The van der Waals surface area contributed by atoms with Crippen LogP contribution in [0.2, 0.25) is 0 Å². The predicted molar refractivity (Wildman–Crippen MR) is 69.9 cm³/mol. The van der Waals surface area contributed by atoms with E-state index in [4.69, 9.17) is 0 Å². The molecule has 1 aromatic carbocycles. The maximum atomic E-state index is 13.1.